The second kappa shape index (κ2) is 6.74. The maximum absolute atomic E-state index is 9.95. The van der Waals surface area contributed by atoms with Crippen LogP contribution in [0.25, 0.3) is 0 Å². The summed E-state index contributed by atoms with van der Waals surface area (Å²) in [6.45, 7) is 3.18. The molecule has 0 spiro atoms. The Balaban J connectivity index is 0.000000265. The SMILES string of the molecule is CCn1cc[n+](C)c1.COP(=O)([O-])OC. The number of imidazole rings is 1. The molecule has 0 bridgehead atoms. The van der Waals surface area contributed by atoms with Crippen molar-refractivity contribution >= 4 is 7.82 Å². The number of rotatable bonds is 3. The molecule has 1 heterocycles. The van der Waals surface area contributed by atoms with E-state index in [0.29, 0.717) is 0 Å². The maximum atomic E-state index is 9.95. The molecule has 1 aromatic rings. The lowest BCUT2D eigenvalue weighted by Gasteiger charge is -2.16. The first-order valence-corrected chi connectivity index (χ1v) is 5.84. The summed E-state index contributed by atoms with van der Waals surface area (Å²) < 4.78 is 21.8. The third-order valence-corrected chi connectivity index (χ3v) is 2.53. The second-order valence-electron chi connectivity index (χ2n) is 2.72. The van der Waals surface area contributed by atoms with E-state index >= 15 is 0 Å². The number of hydrogen-bond acceptors (Lipinski definition) is 4. The van der Waals surface area contributed by atoms with Crippen molar-refractivity contribution < 1.29 is 23.1 Å². The molecule has 0 aliphatic heterocycles. The van der Waals surface area contributed by atoms with E-state index in [1.807, 2.05) is 17.8 Å². The lowest BCUT2D eigenvalue weighted by Crippen LogP contribution is -2.23. The summed E-state index contributed by atoms with van der Waals surface area (Å²) in [6, 6.07) is 0. The van der Waals surface area contributed by atoms with Crippen molar-refractivity contribution in [1.29, 1.82) is 0 Å². The molecule has 0 N–H and O–H groups in total. The number of hydrogen-bond donors (Lipinski definition) is 0. The zero-order valence-corrected chi connectivity index (χ0v) is 10.3. The van der Waals surface area contributed by atoms with Gasteiger partial charge in [0.25, 0.3) is 7.82 Å². The Morgan fingerprint density at radius 2 is 2.00 bits per heavy atom. The standard InChI is InChI=1S/C6H11N2.C2H7O4P/c1-3-8-5-4-7(2)6-8;1-5-7(3,4)6-2/h4-6H,3H2,1-2H3;1-2H3,(H,3,4)/q+1;/p-1. The predicted octanol–water partition coefficient (Wildman–Crippen LogP) is 0.0801. The molecule has 0 unspecified atom stereocenters. The van der Waals surface area contributed by atoms with Crippen LogP contribution < -0.4 is 9.46 Å². The first-order valence-electron chi connectivity index (χ1n) is 4.38. The summed E-state index contributed by atoms with van der Waals surface area (Å²) in [5.41, 5.74) is 0. The molecule has 0 radical (unpaired) electrons. The van der Waals surface area contributed by atoms with Crippen LogP contribution >= 0.6 is 7.82 Å². The summed E-state index contributed by atoms with van der Waals surface area (Å²) in [5, 5.41) is 0. The fourth-order valence-corrected chi connectivity index (χ4v) is 0.912. The number of nitrogens with zero attached hydrogens (tertiary/aromatic N) is 2. The van der Waals surface area contributed by atoms with Crippen LogP contribution in [0.3, 0.4) is 0 Å². The van der Waals surface area contributed by atoms with Crippen molar-refractivity contribution in [2.45, 2.75) is 13.5 Å². The number of phosphoric acid groups is 1. The molecule has 0 atom stereocenters. The van der Waals surface area contributed by atoms with E-state index in [1.54, 1.807) is 0 Å². The molecule has 0 aliphatic carbocycles. The molecule has 0 amide bonds. The summed E-state index contributed by atoms with van der Waals surface area (Å²) in [5.74, 6) is 0. The zero-order chi connectivity index (χ0) is 11.9. The van der Waals surface area contributed by atoms with Gasteiger partial charge in [-0.05, 0) is 6.92 Å². The van der Waals surface area contributed by atoms with E-state index in [4.69, 9.17) is 0 Å². The normalized spacial score (nSPS) is 10.7. The highest BCUT2D eigenvalue weighted by atomic mass is 31.2. The fraction of sp³-hybridized carbons (Fsp3) is 0.625. The molecular formula is C8H17N2O4P. The van der Waals surface area contributed by atoms with Crippen LogP contribution in [0.2, 0.25) is 0 Å². The van der Waals surface area contributed by atoms with E-state index in [2.05, 4.69) is 33.1 Å². The highest BCUT2D eigenvalue weighted by molar-refractivity contribution is 7.45. The van der Waals surface area contributed by atoms with E-state index < -0.39 is 7.82 Å². The summed E-state index contributed by atoms with van der Waals surface area (Å²) >= 11 is 0. The predicted molar refractivity (Wildman–Crippen MR) is 52.9 cm³/mol. The van der Waals surface area contributed by atoms with Gasteiger partial charge in [-0.3, -0.25) is 4.57 Å². The third-order valence-electron chi connectivity index (χ3n) is 1.64. The lowest BCUT2D eigenvalue weighted by atomic mass is 10.7. The van der Waals surface area contributed by atoms with Crippen molar-refractivity contribution in [1.82, 2.24) is 4.57 Å². The topological polar surface area (TPSA) is 67.4 Å². The second-order valence-corrected chi connectivity index (χ2v) is 4.35. The Morgan fingerprint density at radius 3 is 2.13 bits per heavy atom. The van der Waals surface area contributed by atoms with Crippen LogP contribution in [-0.4, -0.2) is 18.8 Å². The van der Waals surface area contributed by atoms with Crippen LogP contribution in [0.5, 0.6) is 0 Å². The minimum atomic E-state index is -3.90. The summed E-state index contributed by atoms with van der Waals surface area (Å²) in [7, 11) is 0.194. The molecular weight excluding hydrogens is 219 g/mol. The molecule has 88 valence electrons. The summed E-state index contributed by atoms with van der Waals surface area (Å²) in [6.07, 6.45) is 6.14. The highest BCUT2D eigenvalue weighted by Gasteiger charge is 1.98. The molecule has 1 rings (SSSR count). The molecule has 0 saturated carbocycles. The molecule has 15 heavy (non-hydrogen) atoms. The van der Waals surface area contributed by atoms with Gasteiger partial charge in [-0.2, -0.15) is 0 Å². The Kier molecular flexibility index (Phi) is 6.43. The lowest BCUT2D eigenvalue weighted by molar-refractivity contribution is -0.671. The van der Waals surface area contributed by atoms with Crippen LogP contribution in [0.1, 0.15) is 6.92 Å². The highest BCUT2D eigenvalue weighted by Crippen LogP contribution is 2.34. The molecule has 0 aliphatic rings. The van der Waals surface area contributed by atoms with Gasteiger partial charge >= 0.3 is 0 Å². The van der Waals surface area contributed by atoms with Crippen molar-refractivity contribution in [2.75, 3.05) is 14.2 Å². The minimum absolute atomic E-state index is 1.04. The maximum Gasteiger partial charge on any atom is 0.267 e. The number of phosphoric ester groups is 1. The van der Waals surface area contributed by atoms with Gasteiger partial charge in [-0.15, -0.1) is 0 Å². The van der Waals surface area contributed by atoms with Crippen molar-refractivity contribution in [3.63, 3.8) is 0 Å². The van der Waals surface area contributed by atoms with E-state index in [-0.39, 0.29) is 0 Å². The minimum Gasteiger partial charge on any atom is -0.756 e. The molecule has 0 saturated heterocycles. The Labute approximate surface area is 89.7 Å². The fourth-order valence-electron chi connectivity index (χ4n) is 0.763. The Hall–Kier alpha value is -0.680. The largest absolute Gasteiger partial charge is 0.756 e. The molecule has 0 aromatic carbocycles. The van der Waals surface area contributed by atoms with Gasteiger partial charge in [0.15, 0.2) is 0 Å². The van der Waals surface area contributed by atoms with Gasteiger partial charge in [-0.1, -0.05) is 0 Å². The smallest absolute Gasteiger partial charge is 0.267 e. The van der Waals surface area contributed by atoms with Crippen molar-refractivity contribution in [3.8, 4) is 0 Å². The zero-order valence-electron chi connectivity index (χ0n) is 9.41. The molecule has 7 heteroatoms. The van der Waals surface area contributed by atoms with Crippen LogP contribution in [0.15, 0.2) is 18.7 Å². The molecule has 0 fully saturated rings. The quantitative estimate of drug-likeness (QED) is 0.550. The van der Waals surface area contributed by atoms with Gasteiger partial charge in [0.1, 0.15) is 12.4 Å². The van der Waals surface area contributed by atoms with Gasteiger partial charge in [-0.25, -0.2) is 9.13 Å². The Bertz CT molecular complexity index is 318. The van der Waals surface area contributed by atoms with E-state index in [0.717, 1.165) is 20.8 Å². The third kappa shape index (κ3) is 6.41. The van der Waals surface area contributed by atoms with E-state index in [9.17, 15) is 9.46 Å². The van der Waals surface area contributed by atoms with Crippen LogP contribution in [0, 0.1) is 0 Å². The first-order chi connectivity index (χ1) is 6.95. The van der Waals surface area contributed by atoms with Crippen molar-refractivity contribution in [3.05, 3.63) is 18.7 Å². The monoisotopic (exact) mass is 236 g/mol. The number of aromatic nitrogens is 2. The van der Waals surface area contributed by atoms with Crippen LogP contribution in [-0.2, 0) is 27.2 Å². The molecule has 1 aromatic heterocycles. The number of aryl methyl sites for hydroxylation is 2. The van der Waals surface area contributed by atoms with Gasteiger partial charge < -0.3 is 13.9 Å². The van der Waals surface area contributed by atoms with Crippen LogP contribution in [0.4, 0.5) is 0 Å². The Morgan fingerprint density at radius 1 is 1.47 bits per heavy atom. The van der Waals surface area contributed by atoms with E-state index in [1.165, 1.54) is 0 Å². The van der Waals surface area contributed by atoms with Gasteiger partial charge in [0.2, 0.25) is 6.33 Å². The average Bonchev–Trinajstić information content (AvgIpc) is 2.65. The van der Waals surface area contributed by atoms with Gasteiger partial charge in [0, 0.05) is 14.2 Å². The first kappa shape index (κ1) is 14.3. The van der Waals surface area contributed by atoms with Crippen molar-refractivity contribution in [2.24, 2.45) is 7.05 Å². The molecule has 6 nitrogen and oxygen atoms in total. The summed E-state index contributed by atoms with van der Waals surface area (Å²) in [4.78, 5) is 9.95. The average molecular weight is 236 g/mol. The van der Waals surface area contributed by atoms with Gasteiger partial charge in [0.05, 0.1) is 13.6 Å².